The van der Waals surface area contributed by atoms with Gasteiger partial charge in [0.1, 0.15) is 28.4 Å². The molecule has 2 aromatic rings. The van der Waals surface area contributed by atoms with E-state index in [0.717, 1.165) is 0 Å². The number of rotatable bonds is 12. The molecule has 2 atom stereocenters. The number of hydrogen-bond acceptors (Lipinski definition) is 10. The molecule has 4 rings (SSSR count). The van der Waals surface area contributed by atoms with Crippen LogP contribution in [0.5, 0.6) is 11.5 Å². The lowest BCUT2D eigenvalue weighted by Crippen LogP contribution is -2.54. The van der Waals surface area contributed by atoms with Crippen molar-refractivity contribution in [2.75, 3.05) is 46.6 Å². The number of sulfonamides is 1. The summed E-state index contributed by atoms with van der Waals surface area (Å²) in [6, 6.07) is 9.70. The van der Waals surface area contributed by atoms with Gasteiger partial charge in [0.15, 0.2) is 0 Å². The highest BCUT2D eigenvalue weighted by Gasteiger charge is 2.37. The molecule has 2 heterocycles. The van der Waals surface area contributed by atoms with Crippen LogP contribution in [0.1, 0.15) is 46.0 Å². The van der Waals surface area contributed by atoms with Crippen LogP contribution in [0, 0.1) is 0 Å². The van der Waals surface area contributed by atoms with E-state index in [2.05, 4.69) is 10.6 Å². The molecule has 2 aromatic carbocycles. The molecule has 2 saturated heterocycles. The number of esters is 1. The monoisotopic (exact) mass is 632 g/mol. The molecule has 0 aromatic heterocycles. The third-order valence-electron chi connectivity index (χ3n) is 7.23. The maximum Gasteiger partial charge on any atom is 0.345 e. The van der Waals surface area contributed by atoms with Crippen molar-refractivity contribution in [1.29, 1.82) is 0 Å². The van der Waals surface area contributed by atoms with Crippen molar-refractivity contribution >= 4 is 33.8 Å². The van der Waals surface area contributed by atoms with Crippen molar-refractivity contribution in [3.63, 3.8) is 0 Å². The number of morpholine rings is 1. The van der Waals surface area contributed by atoms with Crippen molar-refractivity contribution in [1.82, 2.24) is 20.3 Å². The first kappa shape index (κ1) is 32.5. The predicted octanol–water partition coefficient (Wildman–Crippen LogP) is 0.998. The number of ether oxygens (including phenoxy) is 3. The van der Waals surface area contributed by atoms with E-state index in [1.54, 1.807) is 41.3 Å². The van der Waals surface area contributed by atoms with E-state index in [9.17, 15) is 32.7 Å². The molecule has 2 aliphatic heterocycles. The van der Waals surface area contributed by atoms with Gasteiger partial charge in [0.2, 0.25) is 21.8 Å². The molecular weight excluding hydrogens is 596 g/mol. The number of phenols is 1. The Kier molecular flexibility index (Phi) is 11.0. The van der Waals surface area contributed by atoms with E-state index in [0.29, 0.717) is 50.3 Å². The molecule has 0 spiro atoms. The maximum absolute atomic E-state index is 13.2. The molecule has 0 saturated carbocycles. The smallest absolute Gasteiger partial charge is 0.345 e. The second kappa shape index (κ2) is 14.9. The molecule has 238 valence electrons. The van der Waals surface area contributed by atoms with Gasteiger partial charge in [-0.3, -0.25) is 14.3 Å². The van der Waals surface area contributed by atoms with Crippen molar-refractivity contribution in [2.45, 2.75) is 37.0 Å². The number of aromatic hydroxyl groups is 1. The minimum absolute atomic E-state index is 0.0646. The number of phenolic OH excluding ortho intramolecular Hbond substituents is 1. The minimum atomic E-state index is -3.79. The van der Waals surface area contributed by atoms with E-state index in [1.807, 2.05) is 4.72 Å². The van der Waals surface area contributed by atoms with Gasteiger partial charge in [0, 0.05) is 26.1 Å². The number of nitrogens with one attached hydrogen (secondary N) is 3. The number of carbonyl (C=O) groups is 4. The predicted molar refractivity (Wildman–Crippen MR) is 156 cm³/mol. The Hall–Kier alpha value is -4.37. The van der Waals surface area contributed by atoms with Gasteiger partial charge < -0.3 is 34.9 Å². The zero-order valence-electron chi connectivity index (χ0n) is 24.2. The third kappa shape index (κ3) is 8.38. The van der Waals surface area contributed by atoms with E-state index < -0.39 is 45.1 Å². The average molecular weight is 633 g/mol. The van der Waals surface area contributed by atoms with Crippen LogP contribution in [-0.2, 0) is 35.5 Å². The normalized spacial score (nSPS) is 18.2. The number of amides is 4. The van der Waals surface area contributed by atoms with Crippen LogP contribution in [0.2, 0.25) is 0 Å². The topological polar surface area (TPSA) is 190 Å². The molecule has 4 amide bonds. The molecule has 1 unspecified atom stereocenters. The molecule has 0 aliphatic carbocycles. The summed E-state index contributed by atoms with van der Waals surface area (Å²) in [7, 11) is -2.58. The lowest BCUT2D eigenvalue weighted by molar-refractivity contribution is -0.123. The molecule has 0 bridgehead atoms. The lowest BCUT2D eigenvalue weighted by Gasteiger charge is -2.29. The van der Waals surface area contributed by atoms with Crippen molar-refractivity contribution < 1.29 is 46.9 Å². The number of methoxy groups -OCH3 is 1. The number of hydrogen-bond donors (Lipinski definition) is 4. The molecule has 2 fully saturated rings. The molecule has 4 N–H and O–H groups in total. The first-order chi connectivity index (χ1) is 21.1. The number of unbranched alkanes of at least 4 members (excludes halogenated alkanes) is 1. The highest BCUT2D eigenvalue weighted by atomic mass is 32.2. The van der Waals surface area contributed by atoms with Gasteiger partial charge in [-0.2, -0.15) is 0 Å². The van der Waals surface area contributed by atoms with Crippen LogP contribution in [0.3, 0.4) is 0 Å². The lowest BCUT2D eigenvalue weighted by atomic mass is 10.0. The Morgan fingerprint density at radius 2 is 1.84 bits per heavy atom. The minimum Gasteiger partial charge on any atom is -0.507 e. The Balaban J connectivity index is 1.33. The van der Waals surface area contributed by atoms with Gasteiger partial charge in [-0.25, -0.2) is 18.0 Å². The SMILES string of the molecule is COC(=O)c1c(O)cccc1OCCCCNC(=O)[C@H](Cc1ccc(C2CC(=O)NS2(=O)=O)cc1)NC(=O)N1CCOCC1. The Morgan fingerprint density at radius 1 is 1.11 bits per heavy atom. The number of nitrogens with zero attached hydrogens (tertiary/aromatic N) is 1. The van der Waals surface area contributed by atoms with E-state index in [-0.39, 0.29) is 43.1 Å². The fraction of sp³-hybridized carbons (Fsp3) is 0.448. The fourth-order valence-corrected chi connectivity index (χ4v) is 6.29. The largest absolute Gasteiger partial charge is 0.507 e. The van der Waals surface area contributed by atoms with E-state index in [4.69, 9.17) is 14.2 Å². The highest BCUT2D eigenvalue weighted by Crippen LogP contribution is 2.30. The fourth-order valence-electron chi connectivity index (χ4n) is 4.86. The Bertz CT molecular complexity index is 1460. The van der Waals surface area contributed by atoms with Gasteiger partial charge in [-0.05, 0) is 36.1 Å². The van der Waals surface area contributed by atoms with Gasteiger partial charge >= 0.3 is 12.0 Å². The van der Waals surface area contributed by atoms with Crippen LogP contribution < -0.4 is 20.1 Å². The molecule has 14 nitrogen and oxygen atoms in total. The van der Waals surface area contributed by atoms with Crippen molar-refractivity contribution in [2.24, 2.45) is 0 Å². The Labute approximate surface area is 255 Å². The first-order valence-corrected chi connectivity index (χ1v) is 15.7. The molecular formula is C29H36N4O10S. The van der Waals surface area contributed by atoms with Gasteiger partial charge in [0.05, 0.1) is 33.4 Å². The second-order valence-corrected chi connectivity index (χ2v) is 12.2. The van der Waals surface area contributed by atoms with Crippen LogP contribution in [0.4, 0.5) is 4.79 Å². The Morgan fingerprint density at radius 3 is 2.50 bits per heavy atom. The standard InChI is InChI=1S/C29H36N4O10S/c1-41-28(37)26-22(34)5-4-6-23(26)43-14-3-2-11-30-27(36)21(31-29(38)33-12-15-42-16-13-33)17-19-7-9-20(10-8-19)24-18-25(35)32-44(24,39)40/h4-10,21,24,34H,2-3,11-18H2,1H3,(H,30,36)(H,31,38)(H,32,35)/t21-,24?/m0/s1. The zero-order chi connectivity index (χ0) is 31.7. The number of carbonyl (C=O) groups excluding carboxylic acids is 4. The summed E-state index contributed by atoms with van der Waals surface area (Å²) in [5, 5.41) is 14.6. The summed E-state index contributed by atoms with van der Waals surface area (Å²) >= 11 is 0. The average Bonchev–Trinajstić information content (AvgIpc) is 3.30. The van der Waals surface area contributed by atoms with Gasteiger partial charge in [-0.1, -0.05) is 30.3 Å². The van der Waals surface area contributed by atoms with Crippen LogP contribution >= 0.6 is 0 Å². The molecule has 0 radical (unpaired) electrons. The summed E-state index contributed by atoms with van der Waals surface area (Å²) in [5.74, 6) is -1.74. The zero-order valence-corrected chi connectivity index (χ0v) is 25.1. The maximum atomic E-state index is 13.2. The summed E-state index contributed by atoms with van der Waals surface area (Å²) < 4.78 is 42.1. The summed E-state index contributed by atoms with van der Waals surface area (Å²) in [5.41, 5.74) is 1.08. The van der Waals surface area contributed by atoms with E-state index in [1.165, 1.54) is 13.2 Å². The first-order valence-electron chi connectivity index (χ1n) is 14.2. The highest BCUT2D eigenvalue weighted by molar-refractivity contribution is 7.90. The van der Waals surface area contributed by atoms with Crippen LogP contribution in [-0.4, -0.2) is 94.8 Å². The van der Waals surface area contributed by atoms with Gasteiger partial charge in [0.25, 0.3) is 0 Å². The van der Waals surface area contributed by atoms with Crippen molar-refractivity contribution in [3.8, 4) is 11.5 Å². The third-order valence-corrected chi connectivity index (χ3v) is 8.93. The van der Waals surface area contributed by atoms with E-state index >= 15 is 0 Å². The van der Waals surface area contributed by atoms with Crippen LogP contribution in [0.25, 0.3) is 0 Å². The molecule has 2 aliphatic rings. The quantitative estimate of drug-likeness (QED) is 0.194. The van der Waals surface area contributed by atoms with Gasteiger partial charge in [-0.15, -0.1) is 0 Å². The van der Waals surface area contributed by atoms with Crippen molar-refractivity contribution in [3.05, 3.63) is 59.2 Å². The molecule has 44 heavy (non-hydrogen) atoms. The second-order valence-electron chi connectivity index (χ2n) is 10.3. The number of urea groups is 1. The number of benzene rings is 2. The van der Waals surface area contributed by atoms with Crippen LogP contribution in [0.15, 0.2) is 42.5 Å². The molecule has 15 heteroatoms. The summed E-state index contributed by atoms with van der Waals surface area (Å²) in [6.07, 6.45) is 1.03. The summed E-state index contributed by atoms with van der Waals surface area (Å²) in [4.78, 5) is 51.3. The summed E-state index contributed by atoms with van der Waals surface area (Å²) in [6.45, 7) is 2.10.